The van der Waals surface area contributed by atoms with Gasteiger partial charge in [-0.05, 0) is 49.1 Å². The Morgan fingerprint density at radius 1 is 1.27 bits per heavy atom. The summed E-state index contributed by atoms with van der Waals surface area (Å²) in [4.78, 5) is 12.6. The first-order valence-electron chi connectivity index (χ1n) is 7.84. The van der Waals surface area contributed by atoms with Crippen LogP contribution in [0.2, 0.25) is 5.02 Å². The van der Waals surface area contributed by atoms with Gasteiger partial charge in [-0.25, -0.2) is 0 Å². The number of rotatable bonds is 1. The number of piperidine rings is 1. The summed E-state index contributed by atoms with van der Waals surface area (Å²) in [6.07, 6.45) is 1.18. The fourth-order valence-electron chi connectivity index (χ4n) is 3.95. The maximum Gasteiger partial charge on any atom is 0.251 e. The van der Waals surface area contributed by atoms with Gasteiger partial charge in [0.25, 0.3) is 5.56 Å². The van der Waals surface area contributed by atoms with Gasteiger partial charge in [0.2, 0.25) is 0 Å². The smallest absolute Gasteiger partial charge is 0.251 e. The number of hydrogen-bond donors (Lipinski definition) is 1. The Kier molecular flexibility index (Phi) is 3.35. The van der Waals surface area contributed by atoms with Gasteiger partial charge in [-0.15, -0.1) is 0 Å². The molecule has 0 spiro atoms. The van der Waals surface area contributed by atoms with Crippen LogP contribution in [-0.4, -0.2) is 17.7 Å². The minimum Gasteiger partial charge on any atom is -0.316 e. The normalized spacial score (nSPS) is 23.2. The molecule has 0 saturated carbocycles. The molecule has 4 heteroatoms. The lowest BCUT2D eigenvalue weighted by Crippen LogP contribution is -2.44. The van der Waals surface area contributed by atoms with E-state index in [-0.39, 0.29) is 5.56 Å². The summed E-state index contributed by atoms with van der Waals surface area (Å²) in [5, 5.41) is 4.20. The molecule has 0 radical (unpaired) electrons. The molecule has 114 valence electrons. The number of benzene rings is 1. The molecule has 2 aliphatic heterocycles. The van der Waals surface area contributed by atoms with Crippen LogP contribution >= 0.6 is 11.6 Å². The summed E-state index contributed by atoms with van der Waals surface area (Å²) in [5.41, 5.74) is 4.29. The predicted octanol–water partition coefficient (Wildman–Crippen LogP) is 3.18. The molecule has 2 bridgehead atoms. The van der Waals surface area contributed by atoms with E-state index in [4.69, 9.17) is 11.6 Å². The molecule has 0 unspecified atom stereocenters. The minimum absolute atomic E-state index is 0.100. The number of halogens is 1. The van der Waals surface area contributed by atoms with Gasteiger partial charge in [0.15, 0.2) is 0 Å². The topological polar surface area (TPSA) is 34.0 Å². The van der Waals surface area contributed by atoms with Crippen molar-refractivity contribution in [2.75, 3.05) is 13.1 Å². The zero-order valence-corrected chi connectivity index (χ0v) is 13.4. The first-order valence-corrected chi connectivity index (χ1v) is 8.22. The third kappa shape index (κ3) is 2.20. The van der Waals surface area contributed by atoms with Crippen molar-refractivity contribution in [1.29, 1.82) is 0 Å². The van der Waals surface area contributed by atoms with Gasteiger partial charge in [0, 0.05) is 41.4 Å². The Hall–Kier alpha value is -1.58. The Morgan fingerprint density at radius 2 is 2.14 bits per heavy atom. The Balaban J connectivity index is 1.90. The summed E-state index contributed by atoms with van der Waals surface area (Å²) < 4.78 is 1.97. The van der Waals surface area contributed by atoms with E-state index in [1.54, 1.807) is 6.07 Å². The average Bonchev–Trinajstić information content (AvgIpc) is 2.49. The van der Waals surface area contributed by atoms with E-state index in [0.717, 1.165) is 42.0 Å². The number of nitrogens with one attached hydrogen (secondary N) is 1. The molecular weight excluding hydrogens is 296 g/mol. The zero-order valence-electron chi connectivity index (χ0n) is 12.6. The number of aromatic nitrogens is 1. The first-order chi connectivity index (χ1) is 10.6. The summed E-state index contributed by atoms with van der Waals surface area (Å²) in [5.74, 6) is 1.01. The lowest BCUT2D eigenvalue weighted by Gasteiger charge is -2.37. The molecule has 2 aromatic rings. The highest BCUT2D eigenvalue weighted by atomic mass is 35.5. The summed E-state index contributed by atoms with van der Waals surface area (Å²) in [7, 11) is 0. The quantitative estimate of drug-likeness (QED) is 0.877. The fraction of sp³-hybridized carbons (Fsp3) is 0.389. The molecule has 1 N–H and O–H groups in total. The molecule has 22 heavy (non-hydrogen) atoms. The summed E-state index contributed by atoms with van der Waals surface area (Å²) >= 11 is 6.38. The van der Waals surface area contributed by atoms with Crippen LogP contribution in [0.1, 0.15) is 23.6 Å². The average molecular weight is 315 g/mol. The fourth-order valence-corrected chi connectivity index (χ4v) is 4.28. The highest BCUT2D eigenvalue weighted by Crippen LogP contribution is 2.36. The standard InChI is InChI=1S/C18H19ClN2O/c1-11-3-2-4-15(19)18(11)13-6-16-14-5-12(8-20-9-14)10-21(16)17(22)7-13/h2-4,6-7,12,14,20H,5,8-10H2,1H3/t12-,14+/m0/s1. The van der Waals surface area contributed by atoms with Crippen molar-refractivity contribution < 1.29 is 0 Å². The summed E-state index contributed by atoms with van der Waals surface area (Å²) in [6, 6.07) is 9.79. The van der Waals surface area contributed by atoms with Crippen molar-refractivity contribution in [2.45, 2.75) is 25.8 Å². The van der Waals surface area contributed by atoms with E-state index in [9.17, 15) is 4.79 Å². The van der Waals surface area contributed by atoms with Gasteiger partial charge >= 0.3 is 0 Å². The molecule has 1 aromatic carbocycles. The number of hydrogen-bond acceptors (Lipinski definition) is 2. The molecule has 0 aliphatic carbocycles. The Morgan fingerprint density at radius 3 is 2.95 bits per heavy atom. The monoisotopic (exact) mass is 314 g/mol. The van der Waals surface area contributed by atoms with Gasteiger partial charge in [-0.2, -0.15) is 0 Å². The van der Waals surface area contributed by atoms with E-state index < -0.39 is 0 Å². The second-order valence-electron chi connectivity index (χ2n) is 6.51. The minimum atomic E-state index is 0.100. The number of pyridine rings is 1. The van der Waals surface area contributed by atoms with Gasteiger partial charge in [0.1, 0.15) is 0 Å². The first kappa shape index (κ1) is 14.0. The van der Waals surface area contributed by atoms with E-state index >= 15 is 0 Å². The van der Waals surface area contributed by atoms with Crippen LogP contribution in [0.15, 0.2) is 35.1 Å². The number of aryl methyl sites for hydroxylation is 1. The molecule has 3 nitrogen and oxygen atoms in total. The van der Waals surface area contributed by atoms with Crippen LogP contribution in [0, 0.1) is 12.8 Å². The van der Waals surface area contributed by atoms with E-state index in [0.29, 0.717) is 16.9 Å². The second-order valence-corrected chi connectivity index (χ2v) is 6.91. The largest absolute Gasteiger partial charge is 0.316 e. The van der Waals surface area contributed by atoms with Crippen LogP contribution in [-0.2, 0) is 6.54 Å². The lowest BCUT2D eigenvalue weighted by atomic mass is 9.83. The molecule has 1 fully saturated rings. The summed E-state index contributed by atoms with van der Waals surface area (Å²) in [6.45, 7) is 4.85. The van der Waals surface area contributed by atoms with Gasteiger partial charge < -0.3 is 9.88 Å². The lowest BCUT2D eigenvalue weighted by molar-refractivity contribution is 0.257. The van der Waals surface area contributed by atoms with Gasteiger partial charge in [0.05, 0.1) is 0 Å². The maximum atomic E-state index is 12.6. The van der Waals surface area contributed by atoms with Crippen LogP contribution in [0.4, 0.5) is 0 Å². The van der Waals surface area contributed by atoms with Crippen molar-refractivity contribution in [1.82, 2.24) is 9.88 Å². The molecule has 1 aromatic heterocycles. The van der Waals surface area contributed by atoms with Crippen molar-refractivity contribution in [3.8, 4) is 11.1 Å². The SMILES string of the molecule is Cc1cccc(Cl)c1-c1cc2n(c(=O)c1)C[C@@H]1CNC[C@H]2C1. The van der Waals surface area contributed by atoms with Gasteiger partial charge in [-0.3, -0.25) is 4.79 Å². The highest BCUT2D eigenvalue weighted by molar-refractivity contribution is 6.33. The number of fused-ring (bicyclic) bond motifs is 4. The third-order valence-electron chi connectivity index (χ3n) is 4.97. The highest BCUT2D eigenvalue weighted by Gasteiger charge is 2.31. The van der Waals surface area contributed by atoms with Gasteiger partial charge in [-0.1, -0.05) is 23.7 Å². The van der Waals surface area contributed by atoms with Crippen LogP contribution < -0.4 is 10.9 Å². The van der Waals surface area contributed by atoms with Crippen molar-refractivity contribution in [3.63, 3.8) is 0 Å². The van der Waals surface area contributed by atoms with Crippen LogP contribution in [0.25, 0.3) is 11.1 Å². The Bertz CT molecular complexity index is 776. The van der Waals surface area contributed by atoms with Crippen LogP contribution in [0.3, 0.4) is 0 Å². The molecule has 4 rings (SSSR count). The van der Waals surface area contributed by atoms with Crippen molar-refractivity contribution in [3.05, 3.63) is 57.0 Å². The third-order valence-corrected chi connectivity index (χ3v) is 5.29. The molecule has 2 atom stereocenters. The van der Waals surface area contributed by atoms with Crippen LogP contribution in [0.5, 0.6) is 0 Å². The van der Waals surface area contributed by atoms with E-state index in [2.05, 4.69) is 11.4 Å². The Labute approximate surface area is 134 Å². The maximum absolute atomic E-state index is 12.6. The molecule has 1 saturated heterocycles. The molecule has 0 amide bonds. The van der Waals surface area contributed by atoms with E-state index in [1.165, 1.54) is 6.42 Å². The molecular formula is C18H19ClN2O. The second kappa shape index (κ2) is 5.25. The van der Waals surface area contributed by atoms with Crippen molar-refractivity contribution >= 4 is 11.6 Å². The molecule has 2 aliphatic rings. The molecule has 3 heterocycles. The van der Waals surface area contributed by atoms with Crippen molar-refractivity contribution in [2.24, 2.45) is 5.92 Å². The van der Waals surface area contributed by atoms with E-state index in [1.807, 2.05) is 29.7 Å². The number of nitrogens with zero attached hydrogens (tertiary/aromatic N) is 1. The predicted molar refractivity (Wildman–Crippen MR) is 89.6 cm³/mol. The zero-order chi connectivity index (χ0) is 15.3.